The minimum atomic E-state index is -0.363. The summed E-state index contributed by atoms with van der Waals surface area (Å²) in [6, 6.07) is 7.68. The van der Waals surface area contributed by atoms with E-state index in [0.29, 0.717) is 6.32 Å². The highest BCUT2D eigenvalue weighted by Crippen LogP contribution is 2.12. The molecule has 2 nitrogen and oxygen atoms in total. The summed E-state index contributed by atoms with van der Waals surface area (Å²) in [6.45, 7) is -0.363. The van der Waals surface area contributed by atoms with Crippen LogP contribution in [0.4, 0.5) is 0 Å². The van der Waals surface area contributed by atoms with Crippen molar-refractivity contribution in [1.82, 2.24) is 0 Å². The fourth-order valence-corrected chi connectivity index (χ4v) is 1.28. The standard InChI is InChI=1S/C8H12BO2P/c1-11-8-4-2-7(3-5-8)6-9(10)12/h2-5,10H,6,12H2,1H3. The van der Waals surface area contributed by atoms with Crippen LogP contribution in [0.25, 0.3) is 0 Å². The summed E-state index contributed by atoms with van der Waals surface area (Å²) in [7, 11) is 3.99. The first-order valence-corrected chi connectivity index (χ1v) is 4.45. The predicted octanol–water partition coefficient (Wildman–Crippen LogP) is 1.13. The molecule has 0 aliphatic heterocycles. The van der Waals surface area contributed by atoms with E-state index in [0.717, 1.165) is 11.3 Å². The summed E-state index contributed by atoms with van der Waals surface area (Å²) in [5.74, 6) is 0.844. The smallest absolute Gasteiger partial charge is 0.315 e. The Morgan fingerprint density at radius 1 is 1.42 bits per heavy atom. The Morgan fingerprint density at radius 3 is 2.42 bits per heavy atom. The zero-order valence-corrected chi connectivity index (χ0v) is 8.18. The lowest BCUT2D eigenvalue weighted by atomic mass is 9.88. The van der Waals surface area contributed by atoms with E-state index in [1.807, 2.05) is 24.3 Å². The maximum Gasteiger partial charge on any atom is 0.315 e. The average Bonchev–Trinajstić information content (AvgIpc) is 2.05. The van der Waals surface area contributed by atoms with Gasteiger partial charge in [0.05, 0.1) is 7.11 Å². The van der Waals surface area contributed by atoms with E-state index in [1.54, 1.807) is 7.11 Å². The van der Waals surface area contributed by atoms with Gasteiger partial charge in [0.2, 0.25) is 0 Å². The van der Waals surface area contributed by atoms with Crippen molar-refractivity contribution >= 4 is 15.8 Å². The van der Waals surface area contributed by atoms with Crippen molar-refractivity contribution < 1.29 is 9.76 Å². The number of hydrogen-bond donors (Lipinski definition) is 1. The van der Waals surface area contributed by atoms with Crippen LogP contribution in [0.3, 0.4) is 0 Å². The molecule has 64 valence electrons. The highest BCUT2D eigenvalue weighted by atomic mass is 31.0. The molecule has 1 aromatic rings. The molecule has 1 unspecified atom stereocenters. The number of methoxy groups -OCH3 is 1. The molecular formula is C8H12BO2P. The van der Waals surface area contributed by atoms with Crippen LogP contribution in [0.1, 0.15) is 5.56 Å². The SMILES string of the molecule is COc1ccc(CB(O)P)cc1. The Labute approximate surface area is 75.2 Å². The molecule has 0 bridgehead atoms. The third-order valence-corrected chi connectivity index (χ3v) is 1.84. The Hall–Kier alpha value is -0.525. The van der Waals surface area contributed by atoms with Crippen LogP contribution in [0.5, 0.6) is 5.75 Å². The second kappa shape index (κ2) is 4.49. The normalized spacial score (nSPS) is 9.58. The van der Waals surface area contributed by atoms with Crippen LogP contribution < -0.4 is 4.74 Å². The maximum atomic E-state index is 9.06. The van der Waals surface area contributed by atoms with Gasteiger partial charge in [-0.15, -0.1) is 9.12 Å². The van der Waals surface area contributed by atoms with Crippen molar-refractivity contribution in [2.75, 3.05) is 7.11 Å². The second-order valence-electron chi connectivity index (χ2n) is 2.62. The van der Waals surface area contributed by atoms with Crippen LogP contribution >= 0.6 is 9.12 Å². The van der Waals surface area contributed by atoms with E-state index in [4.69, 9.17) is 9.76 Å². The minimum Gasteiger partial charge on any atom is -0.497 e. The molecule has 0 aliphatic carbocycles. The van der Waals surface area contributed by atoms with E-state index >= 15 is 0 Å². The van der Waals surface area contributed by atoms with Crippen molar-refractivity contribution in [3.63, 3.8) is 0 Å². The van der Waals surface area contributed by atoms with Gasteiger partial charge in [0, 0.05) is 0 Å². The van der Waals surface area contributed by atoms with Gasteiger partial charge in [-0.1, -0.05) is 17.7 Å². The summed E-state index contributed by atoms with van der Waals surface area (Å²) < 4.78 is 5.01. The Morgan fingerprint density at radius 2 is 2.00 bits per heavy atom. The third-order valence-electron chi connectivity index (χ3n) is 1.60. The molecule has 0 aromatic heterocycles. The molecule has 4 heteroatoms. The van der Waals surface area contributed by atoms with Gasteiger partial charge >= 0.3 is 6.64 Å². The highest BCUT2D eigenvalue weighted by Gasteiger charge is 2.03. The van der Waals surface area contributed by atoms with Crippen molar-refractivity contribution in [1.29, 1.82) is 0 Å². The average molecular weight is 182 g/mol. The van der Waals surface area contributed by atoms with Gasteiger partial charge in [0.25, 0.3) is 0 Å². The molecule has 0 amide bonds. The van der Waals surface area contributed by atoms with Crippen LogP contribution in [-0.4, -0.2) is 18.8 Å². The quantitative estimate of drug-likeness (QED) is 0.560. The first-order chi connectivity index (χ1) is 5.72. The van der Waals surface area contributed by atoms with Gasteiger partial charge in [-0.05, 0) is 18.5 Å². The van der Waals surface area contributed by atoms with Gasteiger partial charge in [-0.3, -0.25) is 0 Å². The van der Waals surface area contributed by atoms with Crippen LogP contribution in [0.2, 0.25) is 0 Å². The molecule has 0 aliphatic rings. The van der Waals surface area contributed by atoms with E-state index in [9.17, 15) is 0 Å². The monoisotopic (exact) mass is 182 g/mol. The number of benzene rings is 1. The van der Waals surface area contributed by atoms with Crippen LogP contribution in [-0.2, 0) is 6.32 Å². The van der Waals surface area contributed by atoms with Crippen molar-refractivity contribution in [3.05, 3.63) is 29.8 Å². The summed E-state index contributed by atoms with van der Waals surface area (Å²) in [4.78, 5) is 0. The van der Waals surface area contributed by atoms with Crippen molar-refractivity contribution in [2.45, 2.75) is 6.32 Å². The largest absolute Gasteiger partial charge is 0.497 e. The molecule has 1 N–H and O–H groups in total. The van der Waals surface area contributed by atoms with Gasteiger partial charge in [-0.25, -0.2) is 0 Å². The molecule has 1 rings (SSSR count). The number of ether oxygens (including phenoxy) is 1. The zero-order valence-electron chi connectivity index (χ0n) is 7.03. The molecule has 0 radical (unpaired) electrons. The van der Waals surface area contributed by atoms with E-state index < -0.39 is 0 Å². The zero-order chi connectivity index (χ0) is 8.97. The fraction of sp³-hybridized carbons (Fsp3) is 0.250. The van der Waals surface area contributed by atoms with E-state index in [2.05, 4.69) is 9.12 Å². The fourth-order valence-electron chi connectivity index (χ4n) is 1.00. The third kappa shape index (κ3) is 2.84. The Balaban J connectivity index is 2.65. The molecule has 12 heavy (non-hydrogen) atoms. The molecule has 0 heterocycles. The maximum absolute atomic E-state index is 9.06. The highest BCUT2D eigenvalue weighted by molar-refractivity contribution is 7.59. The first kappa shape index (κ1) is 9.56. The lowest BCUT2D eigenvalue weighted by Crippen LogP contribution is -2.06. The molecule has 0 saturated carbocycles. The molecule has 1 atom stereocenters. The van der Waals surface area contributed by atoms with E-state index in [-0.39, 0.29) is 6.64 Å². The van der Waals surface area contributed by atoms with Gasteiger partial charge < -0.3 is 9.76 Å². The van der Waals surface area contributed by atoms with Crippen molar-refractivity contribution in [2.24, 2.45) is 0 Å². The van der Waals surface area contributed by atoms with Gasteiger partial charge in [-0.2, -0.15) is 0 Å². The lowest BCUT2D eigenvalue weighted by Gasteiger charge is -2.02. The molecule has 0 spiro atoms. The molecule has 1 aromatic carbocycles. The minimum absolute atomic E-state index is 0.363. The summed E-state index contributed by atoms with van der Waals surface area (Å²) in [6.07, 6.45) is 0.661. The first-order valence-electron chi connectivity index (χ1n) is 3.79. The van der Waals surface area contributed by atoms with Gasteiger partial charge in [0.15, 0.2) is 0 Å². The van der Waals surface area contributed by atoms with Gasteiger partial charge in [0.1, 0.15) is 5.75 Å². The van der Waals surface area contributed by atoms with Crippen LogP contribution in [0.15, 0.2) is 24.3 Å². The second-order valence-corrected chi connectivity index (χ2v) is 3.39. The Kier molecular flexibility index (Phi) is 3.58. The molecular weight excluding hydrogens is 170 g/mol. The van der Waals surface area contributed by atoms with Crippen molar-refractivity contribution in [3.8, 4) is 5.75 Å². The lowest BCUT2D eigenvalue weighted by molar-refractivity contribution is 0.414. The van der Waals surface area contributed by atoms with Crippen LogP contribution in [0, 0.1) is 0 Å². The Bertz CT molecular complexity index is 235. The number of hydrogen-bond acceptors (Lipinski definition) is 2. The summed E-state index contributed by atoms with van der Waals surface area (Å²) in [5.41, 5.74) is 1.11. The predicted molar refractivity (Wildman–Crippen MR) is 54.4 cm³/mol. The summed E-state index contributed by atoms with van der Waals surface area (Å²) in [5, 5.41) is 9.06. The topological polar surface area (TPSA) is 29.5 Å². The van der Waals surface area contributed by atoms with E-state index in [1.165, 1.54) is 0 Å². The molecule has 0 saturated heterocycles. The summed E-state index contributed by atoms with van der Waals surface area (Å²) >= 11 is 0. The number of rotatable bonds is 3. The molecule has 0 fully saturated rings.